The van der Waals surface area contributed by atoms with Gasteiger partial charge in [-0.3, -0.25) is 0 Å². The summed E-state index contributed by atoms with van der Waals surface area (Å²) in [5.41, 5.74) is 0. The predicted octanol–water partition coefficient (Wildman–Crippen LogP) is 2.48. The van der Waals surface area contributed by atoms with Crippen molar-refractivity contribution < 1.29 is 13.9 Å². The molecule has 5 heteroatoms. The third kappa shape index (κ3) is 5.87. The molecular weight excluding hydrogens is 238 g/mol. The number of hydrogen-bond donors (Lipinski definition) is 1. The van der Waals surface area contributed by atoms with Crippen LogP contribution in [0.3, 0.4) is 0 Å². The van der Waals surface area contributed by atoms with Gasteiger partial charge in [0.25, 0.3) is 0 Å². The van der Waals surface area contributed by atoms with Crippen molar-refractivity contribution in [2.24, 2.45) is 0 Å². The Morgan fingerprint density at radius 1 is 1.64 bits per heavy atom. The zero-order valence-electron chi connectivity index (χ0n) is 6.19. The summed E-state index contributed by atoms with van der Waals surface area (Å²) in [5.74, 6) is 0.806. The minimum absolute atomic E-state index is 0.138. The summed E-state index contributed by atoms with van der Waals surface area (Å²) in [6, 6.07) is 0. The maximum atomic E-state index is 12.2. The average molecular weight is 249 g/mol. The van der Waals surface area contributed by atoms with E-state index >= 15 is 0 Å². The van der Waals surface area contributed by atoms with E-state index in [1.807, 2.05) is 6.26 Å². The molecule has 0 rings (SSSR count). The molecule has 0 aromatic rings. The molecule has 1 atom stereocenters. The monoisotopic (exact) mass is 248 g/mol. The molecule has 0 amide bonds. The van der Waals surface area contributed by atoms with E-state index in [-0.39, 0.29) is 6.42 Å². The molecule has 11 heavy (non-hydrogen) atoms. The zero-order valence-corrected chi connectivity index (χ0v) is 8.59. The molecule has 0 spiro atoms. The third-order valence-electron chi connectivity index (χ3n) is 1.20. The minimum atomic E-state index is -3.13. The maximum Gasteiger partial charge on any atom is 0.326 e. The second-order valence-corrected chi connectivity index (χ2v) is 4.24. The van der Waals surface area contributed by atoms with Crippen LogP contribution in [0.2, 0.25) is 0 Å². The Balaban J connectivity index is 3.44. The SMILES string of the molecule is CSCCCC(O)C(F)(F)Br. The van der Waals surface area contributed by atoms with E-state index in [1.165, 1.54) is 0 Å². The molecule has 0 bridgehead atoms. The fourth-order valence-electron chi connectivity index (χ4n) is 0.585. The van der Waals surface area contributed by atoms with Crippen LogP contribution in [0, 0.1) is 0 Å². The van der Waals surface area contributed by atoms with Crippen molar-refractivity contribution >= 4 is 27.7 Å². The van der Waals surface area contributed by atoms with E-state index in [1.54, 1.807) is 11.8 Å². The fourth-order valence-corrected chi connectivity index (χ4v) is 1.27. The highest BCUT2D eigenvalue weighted by atomic mass is 79.9. The van der Waals surface area contributed by atoms with Crippen LogP contribution in [-0.4, -0.2) is 28.1 Å². The van der Waals surface area contributed by atoms with Crippen LogP contribution in [-0.2, 0) is 0 Å². The summed E-state index contributed by atoms with van der Waals surface area (Å²) in [5, 5.41) is 8.81. The molecular formula is C6H11BrF2OS. The first-order valence-electron chi connectivity index (χ1n) is 3.22. The largest absolute Gasteiger partial charge is 0.386 e. The van der Waals surface area contributed by atoms with Crippen molar-refractivity contribution in [1.82, 2.24) is 0 Å². The molecule has 0 saturated carbocycles. The van der Waals surface area contributed by atoms with E-state index in [2.05, 4.69) is 15.9 Å². The van der Waals surface area contributed by atoms with Crippen LogP contribution in [0.1, 0.15) is 12.8 Å². The van der Waals surface area contributed by atoms with Gasteiger partial charge in [0.15, 0.2) is 0 Å². The van der Waals surface area contributed by atoms with Gasteiger partial charge >= 0.3 is 4.83 Å². The number of thioether (sulfide) groups is 1. The molecule has 0 heterocycles. The summed E-state index contributed by atoms with van der Waals surface area (Å²) in [4.78, 5) is -3.13. The van der Waals surface area contributed by atoms with Gasteiger partial charge in [0.05, 0.1) is 0 Å². The zero-order chi connectivity index (χ0) is 8.91. The molecule has 1 nitrogen and oxygen atoms in total. The molecule has 68 valence electrons. The van der Waals surface area contributed by atoms with Gasteiger partial charge in [-0.15, -0.1) is 0 Å². The number of halogens is 3. The Morgan fingerprint density at radius 3 is 2.55 bits per heavy atom. The highest BCUT2D eigenvalue weighted by Gasteiger charge is 2.33. The first-order valence-corrected chi connectivity index (χ1v) is 5.41. The summed E-state index contributed by atoms with van der Waals surface area (Å²) < 4.78 is 24.4. The van der Waals surface area contributed by atoms with Crippen LogP contribution < -0.4 is 0 Å². The van der Waals surface area contributed by atoms with Crippen LogP contribution >= 0.6 is 27.7 Å². The van der Waals surface area contributed by atoms with E-state index in [9.17, 15) is 8.78 Å². The van der Waals surface area contributed by atoms with E-state index in [0.29, 0.717) is 6.42 Å². The third-order valence-corrected chi connectivity index (χ3v) is 2.43. The summed E-state index contributed by atoms with van der Waals surface area (Å²) >= 11 is 3.69. The molecule has 0 aliphatic rings. The van der Waals surface area contributed by atoms with Crippen LogP contribution in [0.15, 0.2) is 0 Å². The van der Waals surface area contributed by atoms with Gasteiger partial charge in [-0.1, -0.05) is 0 Å². The second-order valence-electron chi connectivity index (χ2n) is 2.19. The van der Waals surface area contributed by atoms with Crippen LogP contribution in [0.4, 0.5) is 8.78 Å². The lowest BCUT2D eigenvalue weighted by molar-refractivity contribution is -0.0317. The normalized spacial score (nSPS) is 15.0. The van der Waals surface area contributed by atoms with Gasteiger partial charge in [-0.2, -0.15) is 20.5 Å². The van der Waals surface area contributed by atoms with Crippen LogP contribution in [0.5, 0.6) is 0 Å². The van der Waals surface area contributed by atoms with E-state index < -0.39 is 10.9 Å². The number of hydrogen-bond acceptors (Lipinski definition) is 2. The molecule has 0 fully saturated rings. The fraction of sp³-hybridized carbons (Fsp3) is 1.00. The van der Waals surface area contributed by atoms with Crippen molar-refractivity contribution in [2.75, 3.05) is 12.0 Å². The van der Waals surface area contributed by atoms with E-state index in [4.69, 9.17) is 5.11 Å². The Hall–Kier alpha value is 0.650. The molecule has 1 unspecified atom stereocenters. The second kappa shape index (κ2) is 5.32. The number of aliphatic hydroxyl groups excluding tert-OH is 1. The Kier molecular flexibility index (Phi) is 5.64. The number of rotatable bonds is 5. The average Bonchev–Trinajstić information content (AvgIpc) is 1.86. The minimum Gasteiger partial charge on any atom is -0.386 e. The molecule has 0 aliphatic heterocycles. The lowest BCUT2D eigenvalue weighted by atomic mass is 10.2. The molecule has 0 aromatic carbocycles. The van der Waals surface area contributed by atoms with Gasteiger partial charge in [0.2, 0.25) is 0 Å². The lowest BCUT2D eigenvalue weighted by Crippen LogP contribution is -2.26. The Labute approximate surface area is 77.7 Å². The lowest BCUT2D eigenvalue weighted by Gasteiger charge is -2.15. The van der Waals surface area contributed by atoms with Crippen molar-refractivity contribution in [3.05, 3.63) is 0 Å². The molecule has 0 aromatic heterocycles. The summed E-state index contributed by atoms with van der Waals surface area (Å²) in [6.45, 7) is 0. The van der Waals surface area contributed by atoms with Crippen molar-refractivity contribution in [1.29, 1.82) is 0 Å². The quantitative estimate of drug-likeness (QED) is 0.596. The Morgan fingerprint density at radius 2 is 2.18 bits per heavy atom. The first kappa shape index (κ1) is 11.6. The first-order chi connectivity index (χ1) is 4.98. The Bertz CT molecular complexity index is 107. The molecule has 1 N–H and O–H groups in total. The van der Waals surface area contributed by atoms with Crippen molar-refractivity contribution in [3.63, 3.8) is 0 Å². The summed E-state index contributed by atoms with van der Waals surface area (Å²) in [6.07, 6.45) is 1.09. The molecule has 0 aliphatic carbocycles. The van der Waals surface area contributed by atoms with Crippen LogP contribution in [0.25, 0.3) is 0 Å². The highest BCUT2D eigenvalue weighted by Crippen LogP contribution is 2.28. The summed E-state index contributed by atoms with van der Waals surface area (Å²) in [7, 11) is 0. The van der Waals surface area contributed by atoms with Crippen molar-refractivity contribution in [2.45, 2.75) is 23.8 Å². The predicted molar refractivity (Wildman–Crippen MR) is 47.5 cm³/mol. The topological polar surface area (TPSA) is 20.2 Å². The standard InChI is InChI=1S/C6H11BrF2OS/c1-11-4-2-3-5(10)6(7,8)9/h5,10H,2-4H2,1H3. The number of alkyl halides is 3. The van der Waals surface area contributed by atoms with Gasteiger partial charge in [0.1, 0.15) is 6.10 Å². The smallest absolute Gasteiger partial charge is 0.326 e. The van der Waals surface area contributed by atoms with Crippen molar-refractivity contribution in [3.8, 4) is 0 Å². The number of aliphatic hydroxyl groups is 1. The van der Waals surface area contributed by atoms with Gasteiger partial charge < -0.3 is 5.11 Å². The molecule has 0 radical (unpaired) electrons. The van der Waals surface area contributed by atoms with Gasteiger partial charge in [0, 0.05) is 0 Å². The highest BCUT2D eigenvalue weighted by molar-refractivity contribution is 9.10. The molecule has 0 saturated heterocycles. The van der Waals surface area contributed by atoms with E-state index in [0.717, 1.165) is 5.75 Å². The van der Waals surface area contributed by atoms with Gasteiger partial charge in [-0.05, 0) is 40.8 Å². The van der Waals surface area contributed by atoms with Gasteiger partial charge in [-0.25, -0.2) is 0 Å². The maximum absolute atomic E-state index is 12.2.